The lowest BCUT2D eigenvalue weighted by atomic mass is 10.2. The van der Waals surface area contributed by atoms with Crippen LogP contribution in [-0.4, -0.2) is 23.2 Å². The highest BCUT2D eigenvalue weighted by Crippen LogP contribution is 2.30. The third-order valence-electron chi connectivity index (χ3n) is 3.07. The van der Waals surface area contributed by atoms with E-state index in [1.54, 1.807) is 29.7 Å². The first-order chi connectivity index (χ1) is 10.2. The number of benzene rings is 1. The maximum atomic E-state index is 11.1. The van der Waals surface area contributed by atoms with Gasteiger partial charge in [-0.2, -0.15) is 0 Å². The third kappa shape index (κ3) is 2.53. The van der Waals surface area contributed by atoms with E-state index in [1.807, 2.05) is 17.5 Å². The van der Waals surface area contributed by atoms with E-state index in [-0.39, 0.29) is 5.56 Å². The molecule has 0 unspecified atom stereocenters. The Hall–Kier alpha value is -2.60. The lowest BCUT2D eigenvalue weighted by molar-refractivity contribution is 0.0693. The summed E-state index contributed by atoms with van der Waals surface area (Å²) in [4.78, 5) is 15.4. The number of aromatic nitrogens is 1. The Labute approximate surface area is 124 Å². The van der Waals surface area contributed by atoms with Crippen molar-refractivity contribution in [2.24, 2.45) is 0 Å². The zero-order chi connectivity index (χ0) is 14.8. The Morgan fingerprint density at radius 2 is 2.19 bits per heavy atom. The van der Waals surface area contributed by atoms with Gasteiger partial charge < -0.3 is 15.2 Å². The second-order valence-electron chi connectivity index (χ2n) is 4.34. The fourth-order valence-electron chi connectivity index (χ4n) is 2.08. The zero-order valence-electron chi connectivity index (χ0n) is 11.2. The molecule has 2 heterocycles. The monoisotopic (exact) mass is 300 g/mol. The van der Waals surface area contributed by atoms with Crippen LogP contribution in [0.5, 0.6) is 5.75 Å². The van der Waals surface area contributed by atoms with Crippen molar-refractivity contribution in [1.82, 2.24) is 4.98 Å². The highest BCUT2D eigenvalue weighted by molar-refractivity contribution is 7.17. The van der Waals surface area contributed by atoms with Crippen LogP contribution in [0.3, 0.4) is 0 Å². The average Bonchev–Trinajstić information content (AvgIpc) is 2.96. The van der Waals surface area contributed by atoms with Crippen molar-refractivity contribution in [2.75, 3.05) is 12.4 Å². The summed E-state index contributed by atoms with van der Waals surface area (Å²) < 4.78 is 6.26. The Balaban J connectivity index is 1.98. The van der Waals surface area contributed by atoms with Crippen LogP contribution < -0.4 is 10.1 Å². The Bertz CT molecular complexity index is 814. The lowest BCUT2D eigenvalue weighted by Crippen LogP contribution is -2.01. The Morgan fingerprint density at radius 1 is 1.33 bits per heavy atom. The summed E-state index contributed by atoms with van der Waals surface area (Å²) in [7, 11) is 1.45. The molecule has 0 fully saturated rings. The molecule has 0 atom stereocenters. The van der Waals surface area contributed by atoms with Crippen LogP contribution in [0, 0.1) is 0 Å². The SMILES string of the molecule is COc1cc(Nc2nccc3sccc23)ccc1C(=O)O. The largest absolute Gasteiger partial charge is 0.496 e. The maximum absolute atomic E-state index is 11.1. The van der Waals surface area contributed by atoms with E-state index in [0.717, 1.165) is 21.6 Å². The molecule has 0 saturated heterocycles. The Morgan fingerprint density at radius 3 is 2.95 bits per heavy atom. The number of thiophene rings is 1. The van der Waals surface area contributed by atoms with Crippen LogP contribution >= 0.6 is 11.3 Å². The number of anilines is 2. The van der Waals surface area contributed by atoms with Crippen molar-refractivity contribution < 1.29 is 14.6 Å². The molecule has 0 radical (unpaired) electrons. The van der Waals surface area contributed by atoms with Gasteiger partial charge in [0, 0.05) is 28.0 Å². The molecule has 3 rings (SSSR count). The van der Waals surface area contributed by atoms with Gasteiger partial charge >= 0.3 is 5.97 Å². The molecule has 0 saturated carbocycles. The first-order valence-electron chi connectivity index (χ1n) is 6.19. The molecule has 5 nitrogen and oxygen atoms in total. The minimum absolute atomic E-state index is 0.129. The second-order valence-corrected chi connectivity index (χ2v) is 5.28. The average molecular weight is 300 g/mol. The maximum Gasteiger partial charge on any atom is 0.339 e. The first-order valence-corrected chi connectivity index (χ1v) is 7.07. The number of hydrogen-bond acceptors (Lipinski definition) is 5. The van der Waals surface area contributed by atoms with Crippen molar-refractivity contribution >= 4 is 38.9 Å². The number of ether oxygens (including phenoxy) is 1. The molecule has 106 valence electrons. The summed E-state index contributed by atoms with van der Waals surface area (Å²) in [5.41, 5.74) is 0.854. The molecule has 21 heavy (non-hydrogen) atoms. The van der Waals surface area contributed by atoms with Gasteiger partial charge in [0.15, 0.2) is 0 Å². The van der Waals surface area contributed by atoms with E-state index >= 15 is 0 Å². The minimum atomic E-state index is -1.02. The molecule has 0 aliphatic carbocycles. The molecule has 0 bridgehead atoms. The van der Waals surface area contributed by atoms with Gasteiger partial charge in [-0.3, -0.25) is 0 Å². The number of methoxy groups -OCH3 is 1. The molecule has 1 aromatic carbocycles. The van der Waals surface area contributed by atoms with Crippen LogP contribution in [0.2, 0.25) is 0 Å². The number of carbonyl (C=O) groups is 1. The molecule has 0 aliphatic rings. The number of fused-ring (bicyclic) bond motifs is 1. The highest BCUT2D eigenvalue weighted by Gasteiger charge is 2.12. The van der Waals surface area contributed by atoms with Gasteiger partial charge in [0.25, 0.3) is 0 Å². The number of carboxylic acid groups (broad SMARTS) is 1. The zero-order valence-corrected chi connectivity index (χ0v) is 12.0. The van der Waals surface area contributed by atoms with Crippen LogP contribution in [0.4, 0.5) is 11.5 Å². The topological polar surface area (TPSA) is 71.5 Å². The summed E-state index contributed by atoms with van der Waals surface area (Å²) in [5.74, 6) is 0.0281. The highest BCUT2D eigenvalue weighted by atomic mass is 32.1. The molecule has 3 aromatic rings. The standard InChI is InChI=1S/C15H12N2O3S/c1-20-12-8-9(2-3-10(12)15(18)19)17-14-11-5-7-21-13(11)4-6-16-14/h2-8H,1H3,(H,16,17)(H,18,19). The van der Waals surface area contributed by atoms with Crippen LogP contribution in [0.15, 0.2) is 41.9 Å². The predicted octanol–water partition coefficient (Wildman–Crippen LogP) is 3.75. The number of hydrogen-bond donors (Lipinski definition) is 2. The van der Waals surface area contributed by atoms with Gasteiger partial charge in [-0.25, -0.2) is 9.78 Å². The summed E-state index contributed by atoms with van der Waals surface area (Å²) in [6, 6.07) is 8.81. The molecular formula is C15H12N2O3S. The van der Waals surface area contributed by atoms with E-state index in [2.05, 4.69) is 10.3 Å². The molecule has 6 heteroatoms. The van der Waals surface area contributed by atoms with Crippen LogP contribution in [0.25, 0.3) is 10.1 Å². The minimum Gasteiger partial charge on any atom is -0.496 e. The van der Waals surface area contributed by atoms with E-state index in [4.69, 9.17) is 9.84 Å². The third-order valence-corrected chi connectivity index (χ3v) is 3.96. The van der Waals surface area contributed by atoms with Gasteiger partial charge in [-0.15, -0.1) is 11.3 Å². The van der Waals surface area contributed by atoms with Crippen molar-refractivity contribution in [2.45, 2.75) is 0 Å². The van der Waals surface area contributed by atoms with Crippen LogP contribution in [-0.2, 0) is 0 Å². The molecular weight excluding hydrogens is 288 g/mol. The van der Waals surface area contributed by atoms with Gasteiger partial charge in [0.1, 0.15) is 17.1 Å². The number of nitrogens with zero attached hydrogens (tertiary/aromatic N) is 1. The van der Waals surface area contributed by atoms with Gasteiger partial charge in [-0.05, 0) is 29.6 Å². The fourth-order valence-corrected chi connectivity index (χ4v) is 2.86. The summed E-state index contributed by atoms with van der Waals surface area (Å²) in [5, 5.41) is 15.3. The van der Waals surface area contributed by atoms with Gasteiger partial charge in [0.05, 0.1) is 7.11 Å². The normalized spacial score (nSPS) is 10.5. The van der Waals surface area contributed by atoms with E-state index in [0.29, 0.717) is 5.75 Å². The van der Waals surface area contributed by atoms with Gasteiger partial charge in [-0.1, -0.05) is 0 Å². The fraction of sp³-hybridized carbons (Fsp3) is 0.0667. The summed E-state index contributed by atoms with van der Waals surface area (Å²) >= 11 is 1.64. The lowest BCUT2D eigenvalue weighted by Gasteiger charge is -2.10. The van der Waals surface area contributed by atoms with Crippen molar-refractivity contribution in [3.05, 3.63) is 47.5 Å². The summed E-state index contributed by atoms with van der Waals surface area (Å²) in [6.45, 7) is 0. The summed E-state index contributed by atoms with van der Waals surface area (Å²) in [6.07, 6.45) is 1.74. The first kappa shape index (κ1) is 13.4. The van der Waals surface area contributed by atoms with E-state index in [1.165, 1.54) is 13.2 Å². The van der Waals surface area contributed by atoms with E-state index < -0.39 is 5.97 Å². The number of pyridine rings is 1. The van der Waals surface area contributed by atoms with Gasteiger partial charge in [0.2, 0.25) is 0 Å². The van der Waals surface area contributed by atoms with E-state index in [9.17, 15) is 4.79 Å². The number of carboxylic acids is 1. The second kappa shape index (κ2) is 5.41. The number of nitrogens with one attached hydrogen (secondary N) is 1. The molecule has 0 amide bonds. The number of rotatable bonds is 4. The van der Waals surface area contributed by atoms with Crippen molar-refractivity contribution in [3.8, 4) is 5.75 Å². The molecule has 0 aliphatic heterocycles. The smallest absolute Gasteiger partial charge is 0.339 e. The molecule has 2 aromatic heterocycles. The molecule has 2 N–H and O–H groups in total. The molecule has 0 spiro atoms. The van der Waals surface area contributed by atoms with Crippen LogP contribution in [0.1, 0.15) is 10.4 Å². The van der Waals surface area contributed by atoms with Crippen molar-refractivity contribution in [3.63, 3.8) is 0 Å². The van der Waals surface area contributed by atoms with Crippen molar-refractivity contribution in [1.29, 1.82) is 0 Å². The number of aromatic carboxylic acids is 1. The quantitative estimate of drug-likeness (QED) is 0.768. The predicted molar refractivity (Wildman–Crippen MR) is 82.9 cm³/mol. The Kier molecular flexibility index (Phi) is 3.45.